The summed E-state index contributed by atoms with van der Waals surface area (Å²) >= 11 is 0. The molecule has 0 aliphatic heterocycles. The van der Waals surface area contributed by atoms with E-state index in [-0.39, 0.29) is 11.9 Å². The largest absolute Gasteiger partial charge is 0.448 e. The number of carbonyl (C=O) groups excluding carboxylic acids is 1. The van der Waals surface area contributed by atoms with Gasteiger partial charge < -0.3 is 14.7 Å². The third-order valence-electron chi connectivity index (χ3n) is 3.42. The molecular formula is C16H16N4O2. The number of nitrogens with one attached hydrogen (secondary N) is 2. The van der Waals surface area contributed by atoms with E-state index in [4.69, 9.17) is 4.42 Å². The Kier molecular flexibility index (Phi) is 4.00. The van der Waals surface area contributed by atoms with Crippen LogP contribution in [0.1, 0.15) is 33.7 Å². The highest BCUT2D eigenvalue weighted by atomic mass is 16.3. The van der Waals surface area contributed by atoms with E-state index >= 15 is 0 Å². The van der Waals surface area contributed by atoms with Crippen LogP contribution in [0.5, 0.6) is 0 Å². The first-order valence-corrected chi connectivity index (χ1v) is 6.98. The average molecular weight is 296 g/mol. The van der Waals surface area contributed by atoms with Crippen LogP contribution >= 0.6 is 0 Å². The lowest BCUT2D eigenvalue weighted by Gasteiger charge is -2.17. The number of benzene rings is 1. The fourth-order valence-electron chi connectivity index (χ4n) is 2.29. The van der Waals surface area contributed by atoms with E-state index in [0.717, 1.165) is 11.4 Å². The minimum atomic E-state index is -0.258. The van der Waals surface area contributed by atoms with Crippen molar-refractivity contribution < 1.29 is 9.21 Å². The summed E-state index contributed by atoms with van der Waals surface area (Å²) in [6.07, 6.45) is 5.30. The normalized spacial score (nSPS) is 12.0. The monoisotopic (exact) mass is 296 g/mol. The number of aromatic amines is 1. The van der Waals surface area contributed by atoms with Gasteiger partial charge in [0.2, 0.25) is 0 Å². The first-order chi connectivity index (χ1) is 10.7. The lowest BCUT2D eigenvalue weighted by molar-refractivity contribution is 0.0930. The zero-order valence-electron chi connectivity index (χ0n) is 12.1. The summed E-state index contributed by atoms with van der Waals surface area (Å²) in [5.74, 6) is 1.06. The van der Waals surface area contributed by atoms with Crippen LogP contribution in [0.3, 0.4) is 0 Å². The van der Waals surface area contributed by atoms with Gasteiger partial charge in [0.05, 0.1) is 6.04 Å². The number of amides is 1. The van der Waals surface area contributed by atoms with Crippen molar-refractivity contribution in [1.29, 1.82) is 0 Å². The van der Waals surface area contributed by atoms with Crippen molar-refractivity contribution in [3.8, 4) is 0 Å². The van der Waals surface area contributed by atoms with Crippen LogP contribution in [-0.4, -0.2) is 20.9 Å². The van der Waals surface area contributed by atoms with Gasteiger partial charge in [-0.05, 0) is 12.5 Å². The summed E-state index contributed by atoms with van der Waals surface area (Å²) in [7, 11) is 0. The molecule has 0 aliphatic carbocycles. The van der Waals surface area contributed by atoms with E-state index in [1.54, 1.807) is 19.3 Å². The molecule has 1 amide bonds. The summed E-state index contributed by atoms with van der Waals surface area (Å²) in [5, 5.41) is 2.99. The number of nitrogens with zero attached hydrogens (tertiary/aromatic N) is 2. The van der Waals surface area contributed by atoms with Crippen LogP contribution in [-0.2, 0) is 6.42 Å². The van der Waals surface area contributed by atoms with E-state index in [0.29, 0.717) is 17.9 Å². The van der Waals surface area contributed by atoms with Gasteiger partial charge in [0.25, 0.3) is 5.91 Å². The number of aromatic nitrogens is 3. The molecule has 112 valence electrons. The van der Waals surface area contributed by atoms with Gasteiger partial charge in [-0.1, -0.05) is 30.3 Å². The van der Waals surface area contributed by atoms with Crippen LogP contribution in [0, 0.1) is 6.92 Å². The molecule has 1 atom stereocenters. The van der Waals surface area contributed by atoms with E-state index in [2.05, 4.69) is 20.3 Å². The topological polar surface area (TPSA) is 83.8 Å². The van der Waals surface area contributed by atoms with Gasteiger partial charge in [-0.15, -0.1) is 0 Å². The number of carbonyl (C=O) groups is 1. The summed E-state index contributed by atoms with van der Waals surface area (Å²) < 4.78 is 5.09. The Bertz CT molecular complexity index is 735. The maximum Gasteiger partial charge on any atom is 0.274 e. The maximum absolute atomic E-state index is 12.4. The van der Waals surface area contributed by atoms with Gasteiger partial charge in [0, 0.05) is 18.8 Å². The Hall–Kier alpha value is -2.89. The fourth-order valence-corrected chi connectivity index (χ4v) is 2.29. The predicted molar refractivity (Wildman–Crippen MR) is 80.2 cm³/mol. The van der Waals surface area contributed by atoms with Crippen LogP contribution in [0.4, 0.5) is 0 Å². The lowest BCUT2D eigenvalue weighted by Crippen LogP contribution is -2.30. The molecule has 2 N–H and O–H groups in total. The minimum absolute atomic E-state index is 0.198. The molecule has 22 heavy (non-hydrogen) atoms. The van der Waals surface area contributed by atoms with E-state index in [9.17, 15) is 4.79 Å². The van der Waals surface area contributed by atoms with E-state index < -0.39 is 0 Å². The Labute approximate surface area is 127 Å². The summed E-state index contributed by atoms with van der Waals surface area (Å²) in [6.45, 7) is 1.71. The number of aryl methyl sites for hydroxylation is 1. The Morgan fingerprint density at radius 2 is 2.14 bits per heavy atom. The number of hydrogen-bond donors (Lipinski definition) is 2. The molecule has 0 radical (unpaired) electrons. The molecular weight excluding hydrogens is 280 g/mol. The molecule has 0 fully saturated rings. The molecule has 6 nitrogen and oxygen atoms in total. The molecule has 3 rings (SSSR count). The second kappa shape index (κ2) is 6.26. The Morgan fingerprint density at radius 1 is 1.32 bits per heavy atom. The summed E-state index contributed by atoms with van der Waals surface area (Å²) in [4.78, 5) is 23.6. The molecule has 0 bridgehead atoms. The molecule has 3 aromatic rings. The second-order valence-corrected chi connectivity index (χ2v) is 4.93. The van der Waals surface area contributed by atoms with Gasteiger partial charge in [-0.3, -0.25) is 4.79 Å². The van der Waals surface area contributed by atoms with Crippen molar-refractivity contribution in [3.63, 3.8) is 0 Å². The van der Waals surface area contributed by atoms with Crippen molar-refractivity contribution >= 4 is 5.91 Å². The fraction of sp³-hybridized carbons (Fsp3) is 0.188. The van der Waals surface area contributed by atoms with Gasteiger partial charge >= 0.3 is 0 Å². The van der Waals surface area contributed by atoms with E-state index in [1.165, 1.54) is 6.39 Å². The van der Waals surface area contributed by atoms with Crippen molar-refractivity contribution in [1.82, 2.24) is 20.3 Å². The minimum Gasteiger partial charge on any atom is -0.448 e. The molecule has 0 aliphatic rings. The highest BCUT2D eigenvalue weighted by Gasteiger charge is 2.20. The molecule has 0 spiro atoms. The van der Waals surface area contributed by atoms with E-state index in [1.807, 2.05) is 30.3 Å². The third kappa shape index (κ3) is 3.06. The number of H-pyrrole nitrogens is 1. The summed E-state index contributed by atoms with van der Waals surface area (Å²) in [5.41, 5.74) is 1.31. The number of oxazole rings is 1. The van der Waals surface area contributed by atoms with Crippen LogP contribution < -0.4 is 5.32 Å². The SMILES string of the molecule is Cc1ocnc1C(=O)NC(Cc1ncc[nH]1)c1ccccc1. The maximum atomic E-state index is 12.4. The molecule has 1 aromatic carbocycles. The first kappa shape index (κ1) is 14.1. The van der Waals surface area contributed by atoms with Gasteiger partial charge in [-0.2, -0.15) is 0 Å². The highest BCUT2D eigenvalue weighted by molar-refractivity contribution is 5.93. The first-order valence-electron chi connectivity index (χ1n) is 6.98. The third-order valence-corrected chi connectivity index (χ3v) is 3.42. The smallest absolute Gasteiger partial charge is 0.274 e. The molecule has 2 heterocycles. The molecule has 1 unspecified atom stereocenters. The van der Waals surface area contributed by atoms with Crippen LogP contribution in [0.25, 0.3) is 0 Å². The van der Waals surface area contributed by atoms with Gasteiger partial charge in [0.15, 0.2) is 12.1 Å². The number of hydrogen-bond acceptors (Lipinski definition) is 4. The second-order valence-electron chi connectivity index (χ2n) is 4.93. The average Bonchev–Trinajstić information content (AvgIpc) is 3.19. The zero-order valence-corrected chi connectivity index (χ0v) is 12.1. The van der Waals surface area contributed by atoms with Gasteiger partial charge in [0.1, 0.15) is 11.6 Å². The number of imidazole rings is 1. The molecule has 0 saturated carbocycles. The van der Waals surface area contributed by atoms with Crippen LogP contribution in [0.2, 0.25) is 0 Å². The predicted octanol–water partition coefficient (Wildman–Crippen LogP) is 2.42. The van der Waals surface area contributed by atoms with Crippen molar-refractivity contribution in [2.75, 3.05) is 0 Å². The van der Waals surface area contributed by atoms with Crippen molar-refractivity contribution in [2.45, 2.75) is 19.4 Å². The molecule has 6 heteroatoms. The quantitative estimate of drug-likeness (QED) is 0.757. The highest BCUT2D eigenvalue weighted by Crippen LogP contribution is 2.18. The van der Waals surface area contributed by atoms with Gasteiger partial charge in [-0.25, -0.2) is 9.97 Å². The van der Waals surface area contributed by atoms with Crippen molar-refractivity contribution in [3.05, 3.63) is 72.0 Å². The summed E-state index contributed by atoms with van der Waals surface area (Å²) in [6, 6.07) is 9.58. The van der Waals surface area contributed by atoms with Crippen molar-refractivity contribution in [2.24, 2.45) is 0 Å². The molecule has 2 aromatic heterocycles. The zero-order chi connectivity index (χ0) is 15.4. The Balaban J connectivity index is 1.82. The molecule has 0 saturated heterocycles. The standard InChI is InChI=1S/C16H16N4O2/c1-11-15(19-10-22-11)16(21)20-13(9-14-17-7-8-18-14)12-5-3-2-4-6-12/h2-8,10,13H,9H2,1H3,(H,17,18)(H,20,21). The van der Waals surface area contributed by atoms with Crippen LogP contribution in [0.15, 0.2) is 53.5 Å². The Morgan fingerprint density at radius 3 is 2.77 bits per heavy atom. The number of rotatable bonds is 5. The lowest BCUT2D eigenvalue weighted by atomic mass is 10.0.